The first-order valence-corrected chi connectivity index (χ1v) is 12.3. The van der Waals surface area contributed by atoms with E-state index in [4.69, 9.17) is 26.8 Å². The number of primary amides is 1. The van der Waals surface area contributed by atoms with Crippen molar-refractivity contribution in [3.8, 4) is 11.5 Å². The van der Waals surface area contributed by atoms with E-state index < -0.39 is 38.6 Å². The van der Waals surface area contributed by atoms with Crippen LogP contribution in [0.5, 0.6) is 11.5 Å². The Morgan fingerprint density at radius 1 is 1.15 bits per heavy atom. The molecule has 33 heavy (non-hydrogen) atoms. The van der Waals surface area contributed by atoms with Gasteiger partial charge in [-0.3, -0.25) is 9.59 Å². The summed E-state index contributed by atoms with van der Waals surface area (Å²) in [5.41, 5.74) is 4.57. The molecule has 5 rings (SSSR count). The van der Waals surface area contributed by atoms with E-state index in [2.05, 4.69) is 5.32 Å². The zero-order valence-electron chi connectivity index (χ0n) is 17.6. The number of hydrogen-bond donors (Lipinski definition) is 2. The molecular weight excluding hydrogens is 475 g/mol. The lowest BCUT2D eigenvalue weighted by Crippen LogP contribution is -2.80. The molecule has 1 unspecified atom stereocenters. The molecule has 0 spiro atoms. The Labute approximate surface area is 195 Å². The third-order valence-corrected chi connectivity index (χ3v) is 7.49. The predicted molar refractivity (Wildman–Crippen MR) is 117 cm³/mol. The lowest BCUT2D eigenvalue weighted by molar-refractivity contribution is -0.208. The number of hydrogen-bond acceptors (Lipinski definition) is 6. The molecule has 3 fully saturated rings. The Morgan fingerprint density at radius 3 is 2.30 bits per heavy atom. The molecule has 2 aromatic rings. The molecule has 0 heterocycles. The largest absolute Gasteiger partial charge is 0.484 e. The second-order valence-electron chi connectivity index (χ2n) is 8.73. The van der Waals surface area contributed by atoms with Crippen molar-refractivity contribution < 1.29 is 31.9 Å². The normalized spacial score (nSPS) is 24.1. The topological polar surface area (TPSA) is 125 Å². The summed E-state index contributed by atoms with van der Waals surface area (Å²) in [4.78, 5) is 24.5. The molecule has 2 bridgehead atoms. The van der Waals surface area contributed by atoms with Crippen LogP contribution in [0.3, 0.4) is 0 Å². The van der Waals surface area contributed by atoms with Crippen LogP contribution in [-0.2, 0) is 19.4 Å². The zero-order valence-corrected chi connectivity index (χ0v) is 19.2. The first-order valence-electron chi connectivity index (χ1n) is 10.1. The quantitative estimate of drug-likeness (QED) is 0.548. The van der Waals surface area contributed by atoms with E-state index in [-0.39, 0.29) is 28.2 Å². The first-order chi connectivity index (χ1) is 15.4. The van der Waals surface area contributed by atoms with Gasteiger partial charge in [-0.25, -0.2) is 12.8 Å². The third-order valence-electron chi connectivity index (χ3n) is 6.06. The van der Waals surface area contributed by atoms with Crippen molar-refractivity contribution in [3.05, 3.63) is 53.3 Å². The van der Waals surface area contributed by atoms with E-state index in [1.165, 1.54) is 36.4 Å². The van der Waals surface area contributed by atoms with Gasteiger partial charge in [-0.2, -0.15) is 0 Å². The van der Waals surface area contributed by atoms with Gasteiger partial charge in [0.05, 0.1) is 9.92 Å². The van der Waals surface area contributed by atoms with Crippen molar-refractivity contribution in [1.82, 2.24) is 5.32 Å². The van der Waals surface area contributed by atoms with Gasteiger partial charge in [-0.05, 0) is 55.7 Å². The van der Waals surface area contributed by atoms with Crippen molar-refractivity contribution in [2.75, 3.05) is 12.9 Å². The third kappa shape index (κ3) is 4.63. The summed E-state index contributed by atoms with van der Waals surface area (Å²) in [5, 5.41) is 2.86. The lowest BCUT2D eigenvalue weighted by atomic mass is 9.37. The van der Waals surface area contributed by atoms with Crippen molar-refractivity contribution >= 4 is 33.3 Å². The first kappa shape index (κ1) is 23.3. The van der Waals surface area contributed by atoms with Crippen LogP contribution in [0.15, 0.2) is 47.4 Å². The van der Waals surface area contributed by atoms with Crippen molar-refractivity contribution in [2.45, 2.75) is 35.8 Å². The summed E-state index contributed by atoms with van der Waals surface area (Å²) in [7, 11) is -3.31. The molecule has 176 valence electrons. The Bertz CT molecular complexity index is 1200. The fourth-order valence-electron chi connectivity index (χ4n) is 4.71. The summed E-state index contributed by atoms with van der Waals surface area (Å²) in [6.45, 7) is -0.243. The minimum atomic E-state index is -3.31. The highest BCUT2D eigenvalue weighted by Gasteiger charge is 2.73. The molecule has 3 aliphatic rings. The number of carbonyl (C=O) groups is 2. The van der Waals surface area contributed by atoms with Gasteiger partial charge >= 0.3 is 0 Å². The SMILES string of the molecule is CS(=O)(=O)c1ccc(OCC(=O)NC23CC(C(Oc4ccc(Cl)c(F)c4)C(N)=O)(C2)C3)cc1. The van der Waals surface area contributed by atoms with Crippen molar-refractivity contribution in [1.29, 1.82) is 0 Å². The van der Waals surface area contributed by atoms with Crippen molar-refractivity contribution in [2.24, 2.45) is 11.1 Å². The van der Waals surface area contributed by atoms with Crippen LogP contribution in [0.2, 0.25) is 5.02 Å². The molecule has 3 N–H and O–H groups in total. The fraction of sp³-hybridized carbons (Fsp3) is 0.364. The number of amides is 2. The van der Waals surface area contributed by atoms with Gasteiger partial charge in [-0.1, -0.05) is 11.6 Å². The Balaban J connectivity index is 1.30. The van der Waals surface area contributed by atoms with Crippen LogP contribution in [0.1, 0.15) is 19.3 Å². The van der Waals surface area contributed by atoms with Crippen LogP contribution in [0.25, 0.3) is 0 Å². The summed E-state index contributed by atoms with van der Waals surface area (Å²) >= 11 is 5.68. The number of halogens is 2. The standard InChI is InChI=1S/C22H22ClFN2O6S/c1-33(29,30)15-5-2-13(3-6-15)31-9-18(27)26-22-10-21(11-22,12-22)19(20(25)28)32-14-4-7-16(23)17(24)8-14/h2-8,19H,9-12H2,1H3,(H2,25,28)(H,26,27). The number of nitrogens with one attached hydrogen (secondary N) is 1. The molecule has 3 saturated carbocycles. The second kappa shape index (κ2) is 8.18. The minimum absolute atomic E-state index is 0.0567. The van der Waals surface area contributed by atoms with E-state index in [0.29, 0.717) is 25.0 Å². The van der Waals surface area contributed by atoms with Gasteiger partial charge < -0.3 is 20.5 Å². The van der Waals surface area contributed by atoms with Crippen LogP contribution in [0, 0.1) is 11.2 Å². The molecule has 0 aromatic heterocycles. The Hall–Kier alpha value is -2.85. The van der Waals surface area contributed by atoms with E-state index >= 15 is 0 Å². The predicted octanol–water partition coefficient (Wildman–Crippen LogP) is 2.23. The molecule has 0 saturated heterocycles. The monoisotopic (exact) mass is 496 g/mol. The second-order valence-corrected chi connectivity index (χ2v) is 11.2. The summed E-state index contributed by atoms with van der Waals surface area (Å²) in [5.74, 6) is -1.15. The van der Waals surface area contributed by atoms with Gasteiger partial charge in [0.25, 0.3) is 11.8 Å². The number of rotatable bonds is 9. The average molecular weight is 497 g/mol. The van der Waals surface area contributed by atoms with E-state index in [1.807, 2.05) is 0 Å². The summed E-state index contributed by atoms with van der Waals surface area (Å²) < 4.78 is 47.8. The Kier molecular flexibility index (Phi) is 5.78. The maximum absolute atomic E-state index is 13.7. The maximum atomic E-state index is 13.7. The smallest absolute Gasteiger partial charge is 0.259 e. The van der Waals surface area contributed by atoms with Gasteiger partial charge in [0, 0.05) is 23.3 Å². The lowest BCUT2D eigenvalue weighted by Gasteiger charge is -2.71. The zero-order chi connectivity index (χ0) is 24.0. The Morgan fingerprint density at radius 2 is 1.76 bits per heavy atom. The van der Waals surface area contributed by atoms with E-state index in [1.54, 1.807) is 0 Å². The van der Waals surface area contributed by atoms with Gasteiger partial charge in [0.2, 0.25) is 0 Å². The van der Waals surface area contributed by atoms with Crippen LogP contribution < -0.4 is 20.5 Å². The molecule has 8 nitrogen and oxygen atoms in total. The summed E-state index contributed by atoms with van der Waals surface area (Å²) in [6, 6.07) is 9.67. The highest BCUT2D eigenvalue weighted by molar-refractivity contribution is 7.90. The fourth-order valence-corrected chi connectivity index (χ4v) is 5.46. The van der Waals surface area contributed by atoms with Crippen LogP contribution >= 0.6 is 11.6 Å². The number of sulfone groups is 1. The minimum Gasteiger partial charge on any atom is -0.484 e. The number of benzene rings is 2. The van der Waals surface area contributed by atoms with Crippen molar-refractivity contribution in [3.63, 3.8) is 0 Å². The molecule has 11 heteroatoms. The van der Waals surface area contributed by atoms with Crippen LogP contribution in [-0.4, -0.2) is 44.7 Å². The van der Waals surface area contributed by atoms with Gasteiger partial charge in [0.15, 0.2) is 22.5 Å². The molecule has 0 radical (unpaired) electrons. The molecule has 2 amide bonds. The number of carbonyl (C=O) groups excluding carboxylic acids is 2. The van der Waals surface area contributed by atoms with E-state index in [0.717, 1.165) is 12.3 Å². The van der Waals surface area contributed by atoms with Gasteiger partial charge in [-0.15, -0.1) is 0 Å². The average Bonchev–Trinajstić information content (AvgIpc) is 2.68. The summed E-state index contributed by atoms with van der Waals surface area (Å²) in [6.07, 6.45) is 1.64. The van der Waals surface area contributed by atoms with Crippen LogP contribution in [0.4, 0.5) is 4.39 Å². The van der Waals surface area contributed by atoms with E-state index in [9.17, 15) is 22.4 Å². The highest BCUT2D eigenvalue weighted by Crippen LogP contribution is 2.69. The number of ether oxygens (including phenoxy) is 2. The van der Waals surface area contributed by atoms with Gasteiger partial charge in [0.1, 0.15) is 17.3 Å². The molecule has 0 aliphatic heterocycles. The molecular formula is C22H22ClFN2O6S. The molecule has 1 atom stereocenters. The maximum Gasteiger partial charge on any atom is 0.259 e. The number of nitrogens with two attached hydrogens (primary N) is 1. The highest BCUT2D eigenvalue weighted by atomic mass is 35.5. The molecule has 2 aromatic carbocycles. The molecule has 3 aliphatic carbocycles.